The van der Waals surface area contributed by atoms with Gasteiger partial charge in [-0.05, 0) is 38.7 Å². The Kier molecular flexibility index (Phi) is 5.11. The number of hydrogen-bond donors (Lipinski definition) is 1. The Morgan fingerprint density at radius 2 is 1.46 bits per heavy atom. The molecule has 0 saturated heterocycles. The zero-order valence-electron chi connectivity index (χ0n) is 15.8. The van der Waals surface area contributed by atoms with Crippen molar-refractivity contribution >= 4 is 21.5 Å². The first kappa shape index (κ1) is 18.2. The molecule has 0 bridgehead atoms. The second kappa shape index (κ2) is 7.85. The monoisotopic (exact) mass is 370 g/mol. The fourth-order valence-corrected chi connectivity index (χ4v) is 3.69. The van der Waals surface area contributed by atoms with E-state index in [0.717, 1.165) is 44.0 Å². The molecule has 0 heterocycles. The van der Waals surface area contributed by atoms with E-state index in [1.807, 2.05) is 48.5 Å². The van der Waals surface area contributed by atoms with Gasteiger partial charge in [-0.1, -0.05) is 72.8 Å². The standard InChI is InChI=1S/C25H22O3/c1-3-22(26)21-14-12-17-8-4-6-10-19(17)24(21)25-20-11-7-5-9-18(20)13-15-23(25)28-16-27-2/h3-15,22,26H,1,16H2,2H3/t22-/m0/s1. The molecule has 1 atom stereocenters. The third-order valence-corrected chi connectivity index (χ3v) is 4.98. The van der Waals surface area contributed by atoms with E-state index < -0.39 is 6.10 Å². The molecule has 0 amide bonds. The van der Waals surface area contributed by atoms with E-state index in [0.29, 0.717) is 0 Å². The lowest BCUT2D eigenvalue weighted by Gasteiger charge is -2.20. The topological polar surface area (TPSA) is 38.7 Å². The summed E-state index contributed by atoms with van der Waals surface area (Å²) in [5, 5.41) is 15.0. The fraction of sp³-hybridized carbons (Fsp3) is 0.120. The third kappa shape index (κ3) is 3.15. The first-order valence-electron chi connectivity index (χ1n) is 9.20. The summed E-state index contributed by atoms with van der Waals surface area (Å²) in [6.07, 6.45) is 0.767. The van der Waals surface area contributed by atoms with E-state index in [1.165, 1.54) is 0 Å². The molecule has 0 fully saturated rings. The minimum absolute atomic E-state index is 0.148. The number of methoxy groups -OCH3 is 1. The van der Waals surface area contributed by atoms with Crippen LogP contribution >= 0.6 is 0 Å². The Morgan fingerprint density at radius 3 is 2.11 bits per heavy atom. The SMILES string of the molecule is C=C[C@H](O)c1ccc2ccccc2c1-c1c(OCOC)ccc2ccccc12. The van der Waals surface area contributed by atoms with Crippen LogP contribution in [0.2, 0.25) is 0 Å². The van der Waals surface area contributed by atoms with E-state index in [1.54, 1.807) is 13.2 Å². The van der Waals surface area contributed by atoms with Crippen molar-refractivity contribution in [3.05, 3.63) is 91.0 Å². The van der Waals surface area contributed by atoms with Gasteiger partial charge < -0.3 is 14.6 Å². The Balaban J connectivity index is 2.14. The van der Waals surface area contributed by atoms with Crippen LogP contribution in [0.4, 0.5) is 0 Å². The summed E-state index contributed by atoms with van der Waals surface area (Å²) in [7, 11) is 1.60. The smallest absolute Gasteiger partial charge is 0.188 e. The summed E-state index contributed by atoms with van der Waals surface area (Å²) < 4.78 is 11.1. The van der Waals surface area contributed by atoms with Crippen molar-refractivity contribution in [1.82, 2.24) is 0 Å². The maximum atomic E-state index is 10.7. The van der Waals surface area contributed by atoms with Crippen LogP contribution in [0.3, 0.4) is 0 Å². The zero-order valence-corrected chi connectivity index (χ0v) is 15.8. The van der Waals surface area contributed by atoms with E-state index in [-0.39, 0.29) is 6.79 Å². The number of aliphatic hydroxyl groups is 1. The van der Waals surface area contributed by atoms with Crippen LogP contribution in [0.15, 0.2) is 85.5 Å². The highest BCUT2D eigenvalue weighted by Gasteiger charge is 2.20. The van der Waals surface area contributed by atoms with Crippen LogP contribution in [0.5, 0.6) is 5.75 Å². The zero-order chi connectivity index (χ0) is 19.5. The Morgan fingerprint density at radius 1 is 0.857 bits per heavy atom. The molecule has 140 valence electrons. The molecular weight excluding hydrogens is 348 g/mol. The van der Waals surface area contributed by atoms with E-state index in [2.05, 4.69) is 30.8 Å². The van der Waals surface area contributed by atoms with Crippen molar-refractivity contribution in [2.75, 3.05) is 13.9 Å². The molecule has 3 heteroatoms. The molecule has 1 N–H and O–H groups in total. The minimum Gasteiger partial charge on any atom is -0.467 e. The van der Waals surface area contributed by atoms with Crippen LogP contribution in [0.1, 0.15) is 11.7 Å². The van der Waals surface area contributed by atoms with Crippen LogP contribution in [-0.4, -0.2) is 19.0 Å². The van der Waals surface area contributed by atoms with Crippen molar-refractivity contribution < 1.29 is 14.6 Å². The van der Waals surface area contributed by atoms with E-state index in [9.17, 15) is 5.11 Å². The molecule has 0 aliphatic rings. The number of benzene rings is 4. The minimum atomic E-state index is -0.783. The molecule has 0 unspecified atom stereocenters. The predicted molar refractivity (Wildman–Crippen MR) is 115 cm³/mol. The van der Waals surface area contributed by atoms with Crippen molar-refractivity contribution in [1.29, 1.82) is 0 Å². The molecule has 4 aromatic carbocycles. The summed E-state index contributed by atoms with van der Waals surface area (Å²) in [6, 6.07) is 24.4. The normalized spacial score (nSPS) is 12.2. The summed E-state index contributed by atoms with van der Waals surface area (Å²) in [5.74, 6) is 0.717. The molecular formula is C25H22O3. The second-order valence-corrected chi connectivity index (χ2v) is 6.64. The van der Waals surface area contributed by atoms with Gasteiger partial charge in [0, 0.05) is 12.7 Å². The Labute approximate surface area is 164 Å². The molecule has 0 aliphatic carbocycles. The lowest BCUT2D eigenvalue weighted by molar-refractivity contribution is 0.0516. The van der Waals surface area contributed by atoms with Crippen LogP contribution in [0, 0.1) is 0 Å². The van der Waals surface area contributed by atoms with Gasteiger partial charge in [-0.25, -0.2) is 0 Å². The summed E-state index contributed by atoms with van der Waals surface area (Å²) in [6.45, 7) is 3.93. The highest BCUT2D eigenvalue weighted by Crippen LogP contribution is 2.44. The Bertz CT molecular complexity index is 1150. The van der Waals surface area contributed by atoms with Gasteiger partial charge in [0.1, 0.15) is 5.75 Å². The molecule has 0 saturated carbocycles. The largest absolute Gasteiger partial charge is 0.467 e. The summed E-state index contributed by atoms with van der Waals surface area (Å²) in [4.78, 5) is 0. The quantitative estimate of drug-likeness (QED) is 0.341. The number of ether oxygens (including phenoxy) is 2. The average molecular weight is 370 g/mol. The summed E-state index contributed by atoms with van der Waals surface area (Å²) in [5.41, 5.74) is 2.70. The molecule has 4 aromatic rings. The van der Waals surface area contributed by atoms with Gasteiger partial charge in [-0.2, -0.15) is 0 Å². The van der Waals surface area contributed by atoms with Gasteiger partial charge in [0.15, 0.2) is 6.79 Å². The van der Waals surface area contributed by atoms with Gasteiger partial charge in [0.05, 0.1) is 6.10 Å². The van der Waals surface area contributed by atoms with E-state index >= 15 is 0 Å². The van der Waals surface area contributed by atoms with Crippen molar-refractivity contribution in [3.8, 4) is 16.9 Å². The van der Waals surface area contributed by atoms with Gasteiger partial charge in [0.25, 0.3) is 0 Å². The number of fused-ring (bicyclic) bond motifs is 2. The highest BCUT2D eigenvalue weighted by atomic mass is 16.7. The molecule has 0 spiro atoms. The fourth-order valence-electron chi connectivity index (χ4n) is 3.69. The molecule has 0 aliphatic heterocycles. The third-order valence-electron chi connectivity index (χ3n) is 4.98. The van der Waals surface area contributed by atoms with Crippen molar-refractivity contribution in [2.24, 2.45) is 0 Å². The molecule has 0 aromatic heterocycles. The first-order chi connectivity index (χ1) is 13.7. The molecule has 0 radical (unpaired) electrons. The van der Waals surface area contributed by atoms with Gasteiger partial charge >= 0.3 is 0 Å². The Hall–Kier alpha value is -3.14. The maximum Gasteiger partial charge on any atom is 0.188 e. The second-order valence-electron chi connectivity index (χ2n) is 6.64. The van der Waals surface area contributed by atoms with Gasteiger partial charge in [0.2, 0.25) is 0 Å². The van der Waals surface area contributed by atoms with Crippen LogP contribution in [0.25, 0.3) is 32.7 Å². The number of aliphatic hydroxyl groups excluding tert-OH is 1. The summed E-state index contributed by atoms with van der Waals surface area (Å²) >= 11 is 0. The lowest BCUT2D eigenvalue weighted by atomic mass is 9.87. The number of rotatable bonds is 6. The highest BCUT2D eigenvalue weighted by molar-refractivity contribution is 6.08. The first-order valence-corrected chi connectivity index (χ1v) is 9.20. The van der Waals surface area contributed by atoms with Crippen LogP contribution in [-0.2, 0) is 4.74 Å². The molecule has 3 nitrogen and oxygen atoms in total. The lowest BCUT2D eigenvalue weighted by Crippen LogP contribution is -2.03. The number of hydrogen-bond acceptors (Lipinski definition) is 3. The van der Waals surface area contributed by atoms with Gasteiger partial charge in [-0.15, -0.1) is 6.58 Å². The van der Waals surface area contributed by atoms with Crippen molar-refractivity contribution in [3.63, 3.8) is 0 Å². The molecule has 28 heavy (non-hydrogen) atoms. The van der Waals surface area contributed by atoms with Gasteiger partial charge in [-0.3, -0.25) is 0 Å². The van der Waals surface area contributed by atoms with Crippen LogP contribution < -0.4 is 4.74 Å². The van der Waals surface area contributed by atoms with E-state index in [4.69, 9.17) is 9.47 Å². The van der Waals surface area contributed by atoms with Crippen molar-refractivity contribution in [2.45, 2.75) is 6.10 Å². The predicted octanol–water partition coefficient (Wildman–Crippen LogP) is 5.86. The average Bonchev–Trinajstić information content (AvgIpc) is 2.76. The molecule has 4 rings (SSSR count). The maximum absolute atomic E-state index is 10.7.